The second kappa shape index (κ2) is 9.81. The van der Waals surface area contributed by atoms with Crippen LogP contribution < -0.4 is 10.1 Å². The smallest absolute Gasteiger partial charge is 0.190 e. The van der Waals surface area contributed by atoms with Gasteiger partial charge in [0.25, 0.3) is 0 Å². The van der Waals surface area contributed by atoms with E-state index in [1.165, 1.54) is 11.8 Å². The van der Waals surface area contributed by atoms with Crippen LogP contribution >= 0.6 is 23.4 Å². The van der Waals surface area contributed by atoms with Crippen molar-refractivity contribution in [2.45, 2.75) is 11.7 Å². The van der Waals surface area contributed by atoms with Crippen molar-refractivity contribution in [1.82, 2.24) is 9.97 Å². The maximum absolute atomic E-state index is 12.5. The highest BCUT2D eigenvalue weighted by Crippen LogP contribution is 2.25. The Morgan fingerprint density at radius 3 is 2.48 bits per heavy atom. The molecule has 4 rings (SSSR count). The number of benzene rings is 3. The molecule has 0 spiro atoms. The maximum atomic E-state index is 12.5. The van der Waals surface area contributed by atoms with Crippen LogP contribution in [0.15, 0.2) is 78.0 Å². The van der Waals surface area contributed by atoms with Crippen LogP contribution in [0.1, 0.15) is 15.9 Å². The van der Waals surface area contributed by atoms with Crippen molar-refractivity contribution in [1.29, 1.82) is 0 Å². The van der Waals surface area contributed by atoms with E-state index in [-0.39, 0.29) is 11.5 Å². The third-order valence-electron chi connectivity index (χ3n) is 4.70. The van der Waals surface area contributed by atoms with E-state index in [9.17, 15) is 4.79 Å². The Morgan fingerprint density at radius 2 is 1.74 bits per heavy atom. The highest BCUT2D eigenvalue weighted by atomic mass is 35.5. The third-order valence-corrected chi connectivity index (χ3v) is 5.80. The first kappa shape index (κ1) is 21.2. The number of methoxy groups -OCH3 is 1. The fourth-order valence-corrected chi connectivity index (χ4v) is 3.90. The molecule has 1 aromatic heterocycles. The van der Waals surface area contributed by atoms with Crippen molar-refractivity contribution < 1.29 is 9.53 Å². The summed E-state index contributed by atoms with van der Waals surface area (Å²) in [6.45, 7) is 0.610. The van der Waals surface area contributed by atoms with E-state index >= 15 is 0 Å². The Labute approximate surface area is 189 Å². The molecule has 4 aromatic rings. The average molecular weight is 450 g/mol. The molecule has 0 fully saturated rings. The van der Waals surface area contributed by atoms with Gasteiger partial charge in [-0.2, -0.15) is 0 Å². The number of thioether (sulfide) groups is 1. The van der Waals surface area contributed by atoms with Gasteiger partial charge in [-0.25, -0.2) is 9.97 Å². The number of rotatable bonds is 8. The van der Waals surface area contributed by atoms with E-state index in [1.54, 1.807) is 31.4 Å². The van der Waals surface area contributed by atoms with Gasteiger partial charge in [0.1, 0.15) is 11.6 Å². The first-order chi connectivity index (χ1) is 15.1. The summed E-state index contributed by atoms with van der Waals surface area (Å²) in [4.78, 5) is 21.8. The molecule has 0 aliphatic rings. The number of hydrogen-bond donors (Lipinski definition) is 1. The number of aromatic nitrogens is 2. The lowest BCUT2D eigenvalue weighted by Crippen LogP contribution is -2.06. The van der Waals surface area contributed by atoms with Gasteiger partial charge >= 0.3 is 0 Å². The van der Waals surface area contributed by atoms with Gasteiger partial charge in [-0.3, -0.25) is 4.79 Å². The van der Waals surface area contributed by atoms with Gasteiger partial charge in [-0.15, -0.1) is 0 Å². The van der Waals surface area contributed by atoms with Crippen molar-refractivity contribution in [2.24, 2.45) is 0 Å². The van der Waals surface area contributed by atoms with Gasteiger partial charge in [0, 0.05) is 22.5 Å². The largest absolute Gasteiger partial charge is 0.497 e. The molecule has 5 nitrogen and oxygen atoms in total. The number of carbonyl (C=O) groups is 1. The van der Waals surface area contributed by atoms with E-state index in [0.29, 0.717) is 22.3 Å². The van der Waals surface area contributed by atoms with Gasteiger partial charge < -0.3 is 10.1 Å². The minimum Gasteiger partial charge on any atom is -0.497 e. The first-order valence-corrected chi connectivity index (χ1v) is 11.0. The second-order valence-corrected chi connectivity index (χ2v) is 8.17. The molecule has 156 valence electrons. The van der Waals surface area contributed by atoms with Crippen molar-refractivity contribution in [3.63, 3.8) is 0 Å². The van der Waals surface area contributed by atoms with E-state index in [0.717, 1.165) is 28.0 Å². The van der Waals surface area contributed by atoms with Crippen molar-refractivity contribution in [2.75, 3.05) is 18.2 Å². The number of hydrogen-bond acceptors (Lipinski definition) is 6. The Kier molecular flexibility index (Phi) is 6.70. The van der Waals surface area contributed by atoms with Gasteiger partial charge in [0.2, 0.25) is 0 Å². The number of ether oxygens (including phenoxy) is 1. The molecule has 0 radical (unpaired) electrons. The van der Waals surface area contributed by atoms with E-state index in [2.05, 4.69) is 15.3 Å². The van der Waals surface area contributed by atoms with Gasteiger partial charge in [0.15, 0.2) is 10.9 Å². The van der Waals surface area contributed by atoms with Crippen LogP contribution in [-0.4, -0.2) is 28.6 Å². The number of anilines is 1. The SMILES string of the molecule is COc1ccc(CNc2nc(SCC(=O)c3ccc(Cl)cc3)nc3ccccc23)cc1. The van der Waals surface area contributed by atoms with Crippen molar-refractivity contribution in [3.8, 4) is 5.75 Å². The van der Waals surface area contributed by atoms with Crippen LogP contribution in [-0.2, 0) is 6.54 Å². The molecule has 0 amide bonds. The molecule has 0 atom stereocenters. The zero-order valence-corrected chi connectivity index (χ0v) is 18.4. The van der Waals surface area contributed by atoms with Gasteiger partial charge in [-0.05, 0) is 54.1 Å². The topological polar surface area (TPSA) is 64.1 Å². The third kappa shape index (κ3) is 5.34. The minimum atomic E-state index is 0.00571. The summed E-state index contributed by atoms with van der Waals surface area (Å²) in [5, 5.41) is 5.50. The number of nitrogens with zero attached hydrogens (tertiary/aromatic N) is 2. The summed E-state index contributed by atoms with van der Waals surface area (Å²) < 4.78 is 5.21. The molecule has 0 unspecified atom stereocenters. The molecule has 0 saturated carbocycles. The van der Waals surface area contributed by atoms with Crippen LogP contribution in [0.2, 0.25) is 5.02 Å². The minimum absolute atomic E-state index is 0.00571. The summed E-state index contributed by atoms with van der Waals surface area (Å²) in [7, 11) is 1.65. The number of fused-ring (bicyclic) bond motifs is 1. The molecule has 0 saturated heterocycles. The van der Waals surface area contributed by atoms with Gasteiger partial charge in [0.05, 0.1) is 18.4 Å². The Morgan fingerprint density at radius 1 is 1.00 bits per heavy atom. The lowest BCUT2D eigenvalue weighted by atomic mass is 10.1. The highest BCUT2D eigenvalue weighted by Gasteiger charge is 2.12. The summed E-state index contributed by atoms with van der Waals surface area (Å²) in [6.07, 6.45) is 0. The molecule has 0 bridgehead atoms. The number of carbonyl (C=O) groups excluding carboxylic acids is 1. The Hall–Kier alpha value is -3.09. The lowest BCUT2D eigenvalue weighted by Gasteiger charge is -2.11. The standard InChI is InChI=1S/C24H20ClN3O2S/c1-30-19-12-6-16(7-13-19)14-26-23-20-4-2-3-5-21(20)27-24(28-23)31-15-22(29)17-8-10-18(25)11-9-17/h2-13H,14-15H2,1H3,(H,26,27,28). The fraction of sp³-hybridized carbons (Fsp3) is 0.125. The normalized spacial score (nSPS) is 10.8. The summed E-state index contributed by atoms with van der Waals surface area (Å²) in [5.74, 6) is 1.81. The number of para-hydroxylation sites is 1. The quantitative estimate of drug-likeness (QED) is 0.206. The maximum Gasteiger partial charge on any atom is 0.190 e. The van der Waals surface area contributed by atoms with Crippen LogP contribution in [0.3, 0.4) is 0 Å². The number of halogens is 1. The van der Waals surface area contributed by atoms with E-state index in [1.807, 2.05) is 48.5 Å². The highest BCUT2D eigenvalue weighted by molar-refractivity contribution is 7.99. The van der Waals surface area contributed by atoms with Crippen molar-refractivity contribution >= 4 is 45.9 Å². The number of ketones is 1. The zero-order valence-electron chi connectivity index (χ0n) is 16.8. The molecule has 3 aromatic carbocycles. The fourth-order valence-electron chi connectivity index (χ4n) is 3.03. The molecular weight excluding hydrogens is 430 g/mol. The zero-order chi connectivity index (χ0) is 21.6. The molecule has 0 aliphatic carbocycles. The average Bonchev–Trinajstić information content (AvgIpc) is 2.81. The molecule has 31 heavy (non-hydrogen) atoms. The van der Waals surface area contributed by atoms with Gasteiger partial charge in [-0.1, -0.05) is 47.6 Å². The lowest BCUT2D eigenvalue weighted by molar-refractivity contribution is 0.102. The predicted octanol–water partition coefficient (Wildman–Crippen LogP) is 5.88. The van der Waals surface area contributed by atoms with E-state index in [4.69, 9.17) is 16.3 Å². The number of Topliss-reactive ketones (excluding diaryl/α,β-unsaturated/α-hetero) is 1. The molecule has 0 aliphatic heterocycles. The summed E-state index contributed by atoms with van der Waals surface area (Å²) >= 11 is 7.22. The molecule has 1 N–H and O–H groups in total. The Bertz CT molecular complexity index is 1200. The van der Waals surface area contributed by atoms with Crippen LogP contribution in [0.25, 0.3) is 10.9 Å². The van der Waals surface area contributed by atoms with Crippen LogP contribution in [0.5, 0.6) is 5.75 Å². The van der Waals surface area contributed by atoms with Crippen molar-refractivity contribution in [3.05, 3.63) is 88.9 Å². The van der Waals surface area contributed by atoms with Crippen LogP contribution in [0, 0.1) is 0 Å². The summed E-state index contributed by atoms with van der Waals surface area (Å²) in [5.41, 5.74) is 2.56. The molecular formula is C24H20ClN3O2S. The first-order valence-electron chi connectivity index (χ1n) is 9.67. The molecule has 1 heterocycles. The summed E-state index contributed by atoms with van der Waals surface area (Å²) in [6, 6.07) is 22.6. The van der Waals surface area contributed by atoms with Crippen LogP contribution in [0.4, 0.5) is 5.82 Å². The van der Waals surface area contributed by atoms with E-state index < -0.39 is 0 Å². The number of nitrogens with one attached hydrogen (secondary N) is 1. The Balaban J connectivity index is 1.51. The monoisotopic (exact) mass is 449 g/mol. The predicted molar refractivity (Wildman–Crippen MR) is 126 cm³/mol. The second-order valence-electron chi connectivity index (χ2n) is 6.79. The molecule has 7 heteroatoms.